The molecule has 172 valence electrons. The first kappa shape index (κ1) is 24.1. The van der Waals surface area contributed by atoms with Gasteiger partial charge in [0.15, 0.2) is 11.0 Å². The average molecular weight is 459 g/mol. The van der Waals surface area contributed by atoms with E-state index in [2.05, 4.69) is 20.6 Å². The predicted octanol–water partition coefficient (Wildman–Crippen LogP) is -2.14. The average Bonchev–Trinajstić information content (AvgIpc) is 3.33. The SMILES string of the molecule is Cn1ccc(S(=O)(=O)N[C@@H](CNC(=O)C2=NOC(CCCCN=C(N)N)C2)C(=O)O)n1. The van der Waals surface area contributed by atoms with E-state index in [9.17, 15) is 23.1 Å². The van der Waals surface area contributed by atoms with E-state index in [1.807, 2.05) is 4.72 Å². The summed E-state index contributed by atoms with van der Waals surface area (Å²) in [6, 6.07) is -0.368. The van der Waals surface area contributed by atoms with E-state index in [-0.39, 0.29) is 29.2 Å². The van der Waals surface area contributed by atoms with Crippen LogP contribution in [0.2, 0.25) is 0 Å². The monoisotopic (exact) mass is 458 g/mol. The van der Waals surface area contributed by atoms with E-state index >= 15 is 0 Å². The van der Waals surface area contributed by atoms with Crippen molar-refractivity contribution in [2.24, 2.45) is 28.7 Å². The van der Waals surface area contributed by atoms with Crippen molar-refractivity contribution in [2.75, 3.05) is 13.1 Å². The van der Waals surface area contributed by atoms with Crippen molar-refractivity contribution < 1.29 is 28.0 Å². The molecular formula is C16H26N8O6S. The number of hydrogen-bond donors (Lipinski definition) is 5. The van der Waals surface area contributed by atoms with Gasteiger partial charge in [-0.2, -0.15) is 9.82 Å². The Morgan fingerprint density at radius 2 is 2.16 bits per heavy atom. The van der Waals surface area contributed by atoms with E-state index in [1.54, 1.807) is 0 Å². The fourth-order valence-electron chi connectivity index (χ4n) is 2.67. The molecule has 0 aromatic carbocycles. The van der Waals surface area contributed by atoms with Crippen LogP contribution in [0.3, 0.4) is 0 Å². The Bertz CT molecular complexity index is 953. The molecule has 1 aromatic heterocycles. The number of amides is 1. The topological polar surface area (TPSA) is 216 Å². The van der Waals surface area contributed by atoms with Crippen molar-refractivity contribution in [3.8, 4) is 0 Å². The minimum absolute atomic E-state index is 0.0291. The number of nitrogens with one attached hydrogen (secondary N) is 2. The number of unbranched alkanes of at least 4 members (excludes halogenated alkanes) is 1. The van der Waals surface area contributed by atoms with Gasteiger partial charge in [-0.3, -0.25) is 19.3 Å². The van der Waals surface area contributed by atoms with E-state index in [0.29, 0.717) is 13.0 Å². The van der Waals surface area contributed by atoms with Crippen LogP contribution in [0.1, 0.15) is 25.7 Å². The molecule has 2 rings (SSSR count). The molecule has 0 fully saturated rings. The first-order valence-electron chi connectivity index (χ1n) is 9.39. The Morgan fingerprint density at radius 1 is 1.42 bits per heavy atom. The Morgan fingerprint density at radius 3 is 2.77 bits per heavy atom. The van der Waals surface area contributed by atoms with Crippen LogP contribution in [0.5, 0.6) is 0 Å². The van der Waals surface area contributed by atoms with Crippen molar-refractivity contribution in [1.29, 1.82) is 0 Å². The summed E-state index contributed by atoms with van der Waals surface area (Å²) in [7, 11) is -2.65. The summed E-state index contributed by atoms with van der Waals surface area (Å²) < 4.78 is 27.8. The number of carboxylic acid groups (broad SMARTS) is 1. The van der Waals surface area contributed by atoms with Gasteiger partial charge in [0.2, 0.25) is 0 Å². The van der Waals surface area contributed by atoms with Gasteiger partial charge < -0.3 is 26.7 Å². The molecule has 31 heavy (non-hydrogen) atoms. The normalized spacial score (nSPS) is 16.8. The number of rotatable bonds is 12. The van der Waals surface area contributed by atoms with Gasteiger partial charge in [0, 0.05) is 32.8 Å². The highest BCUT2D eigenvalue weighted by atomic mass is 32.2. The van der Waals surface area contributed by atoms with Crippen LogP contribution < -0.4 is 21.5 Å². The standard InChI is InChI=1S/C16H26N8O6S/c1-24-7-5-13(21-24)31(28,29)23-12(15(26)27)9-20-14(25)11-8-10(30-22-11)4-2-3-6-19-16(17)18/h5,7,10,12,23H,2-4,6,8-9H2,1H3,(H,20,25)(H,26,27)(H4,17,18,19)/t10?,12-/m0/s1. The number of sulfonamides is 1. The molecule has 2 atom stereocenters. The van der Waals surface area contributed by atoms with Gasteiger partial charge in [0.1, 0.15) is 17.9 Å². The summed E-state index contributed by atoms with van der Waals surface area (Å²) in [6.07, 6.45) is 3.53. The summed E-state index contributed by atoms with van der Waals surface area (Å²) in [4.78, 5) is 32.8. The number of aromatic nitrogens is 2. The number of nitrogens with zero attached hydrogens (tertiary/aromatic N) is 4. The smallest absolute Gasteiger partial charge is 0.323 e. The van der Waals surface area contributed by atoms with Crippen LogP contribution in [-0.2, 0) is 31.5 Å². The van der Waals surface area contributed by atoms with E-state index in [0.717, 1.165) is 12.8 Å². The first-order valence-corrected chi connectivity index (χ1v) is 10.9. The lowest BCUT2D eigenvalue weighted by atomic mass is 10.1. The van der Waals surface area contributed by atoms with Gasteiger partial charge in [-0.1, -0.05) is 5.16 Å². The van der Waals surface area contributed by atoms with Crippen molar-refractivity contribution >= 4 is 33.6 Å². The number of hydrogen-bond acceptors (Lipinski definition) is 8. The minimum atomic E-state index is -4.17. The molecule has 0 radical (unpaired) electrons. The second-order valence-electron chi connectivity index (χ2n) is 6.82. The zero-order valence-electron chi connectivity index (χ0n) is 16.9. The number of carbonyl (C=O) groups is 2. The highest BCUT2D eigenvalue weighted by molar-refractivity contribution is 7.89. The van der Waals surface area contributed by atoms with Crippen LogP contribution >= 0.6 is 0 Å². The summed E-state index contributed by atoms with van der Waals surface area (Å²) in [5, 5.41) is 18.8. The third-order valence-electron chi connectivity index (χ3n) is 4.25. The number of carboxylic acids is 1. The molecule has 7 N–H and O–H groups in total. The van der Waals surface area contributed by atoms with Crippen molar-refractivity contribution in [3.05, 3.63) is 12.3 Å². The van der Waals surface area contributed by atoms with Gasteiger partial charge in [-0.05, 0) is 25.3 Å². The van der Waals surface area contributed by atoms with Crippen molar-refractivity contribution in [1.82, 2.24) is 19.8 Å². The zero-order chi connectivity index (χ0) is 23.0. The zero-order valence-corrected chi connectivity index (χ0v) is 17.7. The summed E-state index contributed by atoms with van der Waals surface area (Å²) in [6.45, 7) is 0.0106. The number of aliphatic imine (C=N–C) groups is 1. The molecule has 1 unspecified atom stereocenters. The van der Waals surface area contributed by atoms with Gasteiger partial charge in [0.25, 0.3) is 15.9 Å². The summed E-state index contributed by atoms with van der Waals surface area (Å²) in [5.74, 6) is -2.06. The third-order valence-corrected chi connectivity index (χ3v) is 5.61. The third kappa shape index (κ3) is 7.53. The molecule has 1 aliphatic heterocycles. The number of aliphatic carboxylic acids is 1. The maximum atomic E-state index is 12.3. The van der Waals surface area contributed by atoms with E-state index in [1.165, 1.54) is 24.0 Å². The van der Waals surface area contributed by atoms with Gasteiger partial charge in [-0.25, -0.2) is 8.42 Å². The van der Waals surface area contributed by atoms with Crippen LogP contribution in [0, 0.1) is 0 Å². The molecule has 0 aliphatic carbocycles. The molecule has 0 saturated heterocycles. The Balaban J connectivity index is 1.80. The molecule has 15 heteroatoms. The van der Waals surface area contributed by atoms with Gasteiger partial charge >= 0.3 is 5.97 Å². The fourth-order valence-corrected chi connectivity index (χ4v) is 3.83. The molecule has 0 spiro atoms. The fraction of sp³-hybridized carbons (Fsp3) is 0.562. The maximum absolute atomic E-state index is 12.3. The van der Waals surface area contributed by atoms with E-state index in [4.69, 9.17) is 16.3 Å². The quantitative estimate of drug-likeness (QED) is 0.131. The second kappa shape index (κ2) is 10.7. The molecule has 2 heterocycles. The van der Waals surface area contributed by atoms with Crippen molar-refractivity contribution in [2.45, 2.75) is 42.9 Å². The second-order valence-corrected chi connectivity index (χ2v) is 8.48. The van der Waals surface area contributed by atoms with Crippen LogP contribution in [0.4, 0.5) is 0 Å². The Kier molecular flexibility index (Phi) is 8.32. The number of aryl methyl sites for hydroxylation is 1. The lowest BCUT2D eigenvalue weighted by Gasteiger charge is -2.14. The summed E-state index contributed by atoms with van der Waals surface area (Å²) >= 11 is 0. The number of carbonyl (C=O) groups excluding carboxylic acids is 1. The van der Waals surface area contributed by atoms with Crippen LogP contribution in [0.15, 0.2) is 27.4 Å². The van der Waals surface area contributed by atoms with Gasteiger partial charge in [0.05, 0.1) is 0 Å². The lowest BCUT2D eigenvalue weighted by Crippen LogP contribution is -2.49. The van der Waals surface area contributed by atoms with Gasteiger partial charge in [-0.15, -0.1) is 0 Å². The highest BCUT2D eigenvalue weighted by Gasteiger charge is 2.30. The Hall–Kier alpha value is -3.20. The molecule has 0 saturated carbocycles. The maximum Gasteiger partial charge on any atom is 0.323 e. The molecule has 1 aliphatic rings. The molecular weight excluding hydrogens is 432 g/mol. The van der Waals surface area contributed by atoms with Crippen LogP contribution in [-0.4, -0.2) is 72.1 Å². The Labute approximate surface area is 178 Å². The minimum Gasteiger partial charge on any atom is -0.480 e. The summed E-state index contributed by atoms with van der Waals surface area (Å²) in [5.41, 5.74) is 10.6. The molecule has 1 amide bonds. The molecule has 1 aromatic rings. The first-order chi connectivity index (χ1) is 14.6. The molecule has 14 nitrogen and oxygen atoms in total. The number of nitrogens with two attached hydrogens (primary N) is 2. The number of guanidine groups is 1. The highest BCUT2D eigenvalue weighted by Crippen LogP contribution is 2.16. The lowest BCUT2D eigenvalue weighted by molar-refractivity contribution is -0.138. The molecule has 0 bridgehead atoms. The van der Waals surface area contributed by atoms with E-state index < -0.39 is 34.5 Å². The largest absolute Gasteiger partial charge is 0.480 e. The number of oxime groups is 1. The van der Waals surface area contributed by atoms with Crippen molar-refractivity contribution in [3.63, 3.8) is 0 Å². The van der Waals surface area contributed by atoms with Crippen LogP contribution in [0.25, 0.3) is 0 Å². The predicted molar refractivity (Wildman–Crippen MR) is 109 cm³/mol.